The van der Waals surface area contributed by atoms with E-state index < -0.39 is 10.0 Å². The standard InChI is InChI=1S/C23H32N4O3S2/c1-7-25(8-2)32(29,30)23-17(4)24-27(19(23)6)15-22(28)21-14-16(3)26(18(21)5)12-11-20-10-9-13-31-20/h9-10,13-14H,7-8,11-12,15H2,1-6H3. The predicted molar refractivity (Wildman–Crippen MR) is 128 cm³/mol. The zero-order chi connectivity index (χ0) is 23.6. The lowest BCUT2D eigenvalue weighted by Gasteiger charge is -2.18. The Morgan fingerprint density at radius 3 is 2.41 bits per heavy atom. The van der Waals surface area contributed by atoms with E-state index in [-0.39, 0.29) is 17.2 Å². The zero-order valence-corrected chi connectivity index (χ0v) is 21.3. The molecule has 174 valence electrons. The Balaban J connectivity index is 1.85. The van der Waals surface area contributed by atoms with Gasteiger partial charge in [0.15, 0.2) is 5.78 Å². The van der Waals surface area contributed by atoms with E-state index in [1.807, 2.05) is 39.8 Å². The van der Waals surface area contributed by atoms with Crippen molar-refractivity contribution in [3.8, 4) is 0 Å². The third-order valence-corrected chi connectivity index (χ3v) is 9.19. The monoisotopic (exact) mass is 476 g/mol. The van der Waals surface area contributed by atoms with Crippen LogP contribution < -0.4 is 0 Å². The van der Waals surface area contributed by atoms with Crippen molar-refractivity contribution in [1.82, 2.24) is 18.7 Å². The molecule has 3 rings (SSSR count). The number of nitrogens with zero attached hydrogens (tertiary/aromatic N) is 4. The lowest BCUT2D eigenvalue weighted by Crippen LogP contribution is -2.31. The van der Waals surface area contributed by atoms with Gasteiger partial charge in [-0.3, -0.25) is 9.48 Å². The second-order valence-corrected chi connectivity index (χ2v) is 10.8. The van der Waals surface area contributed by atoms with Crippen LogP contribution in [0.15, 0.2) is 28.5 Å². The SMILES string of the molecule is CCN(CC)S(=O)(=O)c1c(C)nn(CC(=O)c2cc(C)n(CCc3cccs3)c2C)c1C. The molecule has 0 aliphatic rings. The summed E-state index contributed by atoms with van der Waals surface area (Å²) < 4.78 is 31.2. The van der Waals surface area contributed by atoms with Gasteiger partial charge in [-0.15, -0.1) is 11.3 Å². The average Bonchev–Trinajstić information content (AvgIpc) is 3.41. The minimum absolute atomic E-state index is 0.00958. The molecule has 0 unspecified atom stereocenters. The molecule has 3 aromatic heterocycles. The highest BCUT2D eigenvalue weighted by atomic mass is 32.2. The Hall–Kier alpha value is -2.23. The highest BCUT2D eigenvalue weighted by Crippen LogP contribution is 2.24. The number of aryl methyl sites for hydroxylation is 3. The molecule has 0 fully saturated rings. The van der Waals surface area contributed by atoms with Gasteiger partial charge in [0.05, 0.1) is 11.4 Å². The first-order valence-corrected chi connectivity index (χ1v) is 13.2. The van der Waals surface area contributed by atoms with Gasteiger partial charge in [-0.25, -0.2) is 8.42 Å². The van der Waals surface area contributed by atoms with Crippen molar-refractivity contribution in [2.75, 3.05) is 13.1 Å². The fourth-order valence-electron chi connectivity index (χ4n) is 4.23. The maximum absolute atomic E-state index is 13.2. The van der Waals surface area contributed by atoms with Crippen molar-refractivity contribution in [3.05, 3.63) is 56.8 Å². The molecule has 7 nitrogen and oxygen atoms in total. The molecule has 0 spiro atoms. The first kappa shape index (κ1) is 24.4. The molecule has 0 N–H and O–H groups in total. The summed E-state index contributed by atoms with van der Waals surface area (Å²) in [6, 6.07) is 6.09. The highest BCUT2D eigenvalue weighted by molar-refractivity contribution is 7.89. The van der Waals surface area contributed by atoms with Crippen molar-refractivity contribution >= 4 is 27.1 Å². The van der Waals surface area contributed by atoms with E-state index >= 15 is 0 Å². The molecule has 0 aliphatic heterocycles. The fourth-order valence-corrected chi connectivity index (χ4v) is 6.75. The number of hydrogen-bond acceptors (Lipinski definition) is 5. The molecular formula is C23H32N4O3S2. The van der Waals surface area contributed by atoms with Crippen LogP contribution in [0.25, 0.3) is 0 Å². The Bertz CT molecular complexity index is 1200. The van der Waals surface area contributed by atoms with Crippen LogP contribution in [0, 0.1) is 27.7 Å². The molecule has 0 radical (unpaired) electrons. The number of ketones is 1. The topological polar surface area (TPSA) is 77.2 Å². The molecule has 0 aliphatic carbocycles. The average molecular weight is 477 g/mol. The minimum Gasteiger partial charge on any atom is -0.348 e. The van der Waals surface area contributed by atoms with Crippen LogP contribution in [0.4, 0.5) is 0 Å². The molecule has 32 heavy (non-hydrogen) atoms. The molecule has 0 saturated heterocycles. The van der Waals surface area contributed by atoms with Crippen LogP contribution in [0.3, 0.4) is 0 Å². The van der Waals surface area contributed by atoms with Gasteiger partial charge >= 0.3 is 0 Å². The van der Waals surface area contributed by atoms with Gasteiger partial charge in [0.2, 0.25) is 10.0 Å². The smallest absolute Gasteiger partial charge is 0.246 e. The summed E-state index contributed by atoms with van der Waals surface area (Å²) in [6.07, 6.45) is 0.922. The van der Waals surface area contributed by atoms with Gasteiger partial charge in [-0.1, -0.05) is 19.9 Å². The van der Waals surface area contributed by atoms with E-state index in [4.69, 9.17) is 0 Å². The summed E-state index contributed by atoms with van der Waals surface area (Å²) in [4.78, 5) is 14.7. The van der Waals surface area contributed by atoms with Crippen molar-refractivity contribution in [1.29, 1.82) is 0 Å². The normalized spacial score (nSPS) is 12.1. The van der Waals surface area contributed by atoms with E-state index in [0.29, 0.717) is 30.0 Å². The molecule has 0 atom stereocenters. The summed E-state index contributed by atoms with van der Waals surface area (Å²) in [7, 11) is -3.65. The van der Waals surface area contributed by atoms with E-state index in [9.17, 15) is 13.2 Å². The lowest BCUT2D eigenvalue weighted by atomic mass is 10.1. The zero-order valence-electron chi connectivity index (χ0n) is 19.7. The number of carbonyl (C=O) groups is 1. The van der Waals surface area contributed by atoms with Crippen LogP contribution in [0.2, 0.25) is 0 Å². The Morgan fingerprint density at radius 2 is 1.81 bits per heavy atom. The number of Topliss-reactive ketones (excluding diaryl/α,β-unsaturated/α-hetero) is 1. The van der Waals surface area contributed by atoms with E-state index in [1.165, 1.54) is 13.9 Å². The first-order chi connectivity index (χ1) is 15.1. The number of carbonyl (C=O) groups excluding carboxylic acids is 1. The fraction of sp³-hybridized carbons (Fsp3) is 0.478. The third-order valence-electron chi connectivity index (χ3n) is 5.95. The van der Waals surface area contributed by atoms with E-state index in [1.54, 1.807) is 25.2 Å². The first-order valence-electron chi connectivity index (χ1n) is 10.9. The van der Waals surface area contributed by atoms with Crippen molar-refractivity contribution in [2.45, 2.75) is 65.9 Å². The molecule has 9 heteroatoms. The van der Waals surface area contributed by atoms with E-state index in [0.717, 1.165) is 24.4 Å². The molecule has 0 bridgehead atoms. The summed E-state index contributed by atoms with van der Waals surface area (Å²) in [5.74, 6) is -0.0714. The lowest BCUT2D eigenvalue weighted by molar-refractivity contribution is 0.0966. The summed E-state index contributed by atoms with van der Waals surface area (Å²) in [6.45, 7) is 12.6. The van der Waals surface area contributed by atoms with Crippen LogP contribution >= 0.6 is 11.3 Å². The Morgan fingerprint density at radius 1 is 1.12 bits per heavy atom. The maximum Gasteiger partial charge on any atom is 0.246 e. The quantitative estimate of drug-likeness (QED) is 0.412. The van der Waals surface area contributed by atoms with Gasteiger partial charge in [-0.2, -0.15) is 9.40 Å². The van der Waals surface area contributed by atoms with Crippen molar-refractivity contribution < 1.29 is 13.2 Å². The van der Waals surface area contributed by atoms with Crippen LogP contribution in [0.1, 0.15) is 51.9 Å². The highest BCUT2D eigenvalue weighted by Gasteiger charge is 2.30. The summed E-state index contributed by atoms with van der Waals surface area (Å²) in [5.41, 5.74) is 3.55. The number of rotatable bonds is 10. The molecule has 3 aromatic rings. The Kier molecular flexibility index (Phi) is 7.42. The summed E-state index contributed by atoms with van der Waals surface area (Å²) >= 11 is 1.74. The van der Waals surface area contributed by atoms with Gasteiger partial charge in [0.1, 0.15) is 11.4 Å². The minimum atomic E-state index is -3.65. The largest absolute Gasteiger partial charge is 0.348 e. The number of aromatic nitrogens is 3. The van der Waals surface area contributed by atoms with Crippen molar-refractivity contribution in [3.63, 3.8) is 0 Å². The molecule has 3 heterocycles. The van der Waals surface area contributed by atoms with Gasteiger partial charge in [0, 0.05) is 41.5 Å². The van der Waals surface area contributed by atoms with Crippen LogP contribution in [-0.4, -0.2) is 45.9 Å². The molecule has 0 amide bonds. The number of sulfonamides is 1. The number of hydrogen-bond donors (Lipinski definition) is 0. The maximum atomic E-state index is 13.2. The molecule has 0 saturated carbocycles. The summed E-state index contributed by atoms with van der Waals surface area (Å²) in [5, 5.41) is 6.48. The van der Waals surface area contributed by atoms with Crippen LogP contribution in [0.5, 0.6) is 0 Å². The molecule has 0 aromatic carbocycles. The predicted octanol–water partition coefficient (Wildman–Crippen LogP) is 4.14. The second kappa shape index (κ2) is 9.72. The van der Waals surface area contributed by atoms with Gasteiger partial charge in [0.25, 0.3) is 0 Å². The number of thiophene rings is 1. The van der Waals surface area contributed by atoms with Crippen molar-refractivity contribution in [2.24, 2.45) is 0 Å². The van der Waals surface area contributed by atoms with E-state index in [2.05, 4.69) is 21.1 Å². The van der Waals surface area contributed by atoms with Crippen LogP contribution in [-0.2, 0) is 29.5 Å². The Labute approximate surface area is 194 Å². The van der Waals surface area contributed by atoms with Gasteiger partial charge in [-0.05, 0) is 51.6 Å². The molecular weight excluding hydrogens is 444 g/mol. The third kappa shape index (κ3) is 4.60. The van der Waals surface area contributed by atoms with Gasteiger partial charge < -0.3 is 4.57 Å². The second-order valence-electron chi connectivity index (χ2n) is 7.94.